The Morgan fingerprint density at radius 1 is 1.12 bits per heavy atom. The number of thioether (sulfide) groups is 1. The molecule has 1 amide bonds. The Hall–Kier alpha value is -3.46. The number of fused-ring (bicyclic) bond motifs is 1. The van der Waals surface area contributed by atoms with E-state index in [1.807, 2.05) is 55.1 Å². The Balaban J connectivity index is 1.17. The van der Waals surface area contributed by atoms with Crippen molar-refractivity contribution in [1.29, 1.82) is 0 Å². The van der Waals surface area contributed by atoms with Crippen molar-refractivity contribution in [3.05, 3.63) is 65.9 Å². The number of anilines is 1. The Labute approximate surface area is 201 Å². The molecule has 1 fully saturated rings. The van der Waals surface area contributed by atoms with E-state index in [0.717, 1.165) is 41.2 Å². The Morgan fingerprint density at radius 3 is 2.76 bits per heavy atom. The molecule has 1 aliphatic rings. The first-order valence-corrected chi connectivity index (χ1v) is 12.3. The van der Waals surface area contributed by atoms with Crippen LogP contribution in [0.15, 0.2) is 62.8 Å². The predicted octanol–water partition coefficient (Wildman–Crippen LogP) is 4.78. The van der Waals surface area contributed by atoms with E-state index in [-0.39, 0.29) is 5.91 Å². The van der Waals surface area contributed by atoms with Gasteiger partial charge in [0, 0.05) is 26.2 Å². The zero-order chi connectivity index (χ0) is 23.5. The highest BCUT2D eigenvalue weighted by Gasteiger charge is 2.26. The Morgan fingerprint density at radius 2 is 1.94 bits per heavy atom. The molecular weight excluding hydrogens is 452 g/mol. The fourth-order valence-corrected chi connectivity index (χ4v) is 4.68. The average Bonchev–Trinajstić information content (AvgIpc) is 3.49. The number of benzene rings is 2. The van der Waals surface area contributed by atoms with Crippen LogP contribution < -0.4 is 9.64 Å². The highest BCUT2D eigenvalue weighted by Crippen LogP contribution is 2.29. The molecule has 0 atom stereocenters. The zero-order valence-corrected chi connectivity index (χ0v) is 20.0. The number of hydrogen-bond donors (Lipinski definition) is 0. The van der Waals surface area contributed by atoms with Crippen LogP contribution in [-0.2, 0) is 5.75 Å². The quantitative estimate of drug-likeness (QED) is 0.351. The van der Waals surface area contributed by atoms with Gasteiger partial charge in [-0.3, -0.25) is 4.79 Å². The van der Waals surface area contributed by atoms with Gasteiger partial charge >= 0.3 is 0 Å². The SMILES string of the molecule is CCOc1ccccc1N1CCN(C(=O)c2coc(CSc3nc4cc(C)ccc4o3)n2)CC1. The van der Waals surface area contributed by atoms with Crippen LogP contribution in [0.2, 0.25) is 0 Å². The van der Waals surface area contributed by atoms with E-state index in [1.54, 1.807) is 0 Å². The number of carbonyl (C=O) groups excluding carboxylic acids is 1. The minimum absolute atomic E-state index is 0.116. The lowest BCUT2D eigenvalue weighted by Crippen LogP contribution is -2.49. The van der Waals surface area contributed by atoms with Gasteiger partial charge in [-0.15, -0.1) is 0 Å². The van der Waals surface area contributed by atoms with Gasteiger partial charge in [0.2, 0.25) is 5.89 Å². The van der Waals surface area contributed by atoms with Gasteiger partial charge in [-0.1, -0.05) is 30.0 Å². The maximum Gasteiger partial charge on any atom is 0.275 e. The standard InChI is InChI=1S/C25H26N4O4S/c1-3-31-22-7-5-4-6-20(22)28-10-12-29(13-11-28)24(30)19-15-32-23(26-19)16-34-25-27-18-14-17(2)8-9-21(18)33-25/h4-9,14-15H,3,10-13,16H2,1-2H3. The van der Waals surface area contributed by atoms with E-state index in [4.69, 9.17) is 13.6 Å². The monoisotopic (exact) mass is 478 g/mol. The third-order valence-corrected chi connectivity index (χ3v) is 6.50. The number of ether oxygens (including phenoxy) is 1. The third kappa shape index (κ3) is 4.75. The number of carbonyl (C=O) groups is 1. The molecule has 1 aliphatic heterocycles. The number of piperazine rings is 1. The summed E-state index contributed by atoms with van der Waals surface area (Å²) in [7, 11) is 0. The molecule has 0 aliphatic carbocycles. The number of amides is 1. The summed E-state index contributed by atoms with van der Waals surface area (Å²) in [6.07, 6.45) is 1.43. The maximum atomic E-state index is 13.0. The number of aromatic nitrogens is 2. The minimum Gasteiger partial charge on any atom is -0.492 e. The Kier molecular flexibility index (Phi) is 6.44. The number of aryl methyl sites for hydroxylation is 1. The number of rotatable bonds is 7. The molecule has 3 heterocycles. The van der Waals surface area contributed by atoms with Gasteiger partial charge < -0.3 is 23.4 Å². The second kappa shape index (κ2) is 9.80. The summed E-state index contributed by atoms with van der Waals surface area (Å²) in [5, 5.41) is 0.551. The van der Waals surface area contributed by atoms with Crippen LogP contribution in [-0.4, -0.2) is 53.6 Å². The molecule has 0 N–H and O–H groups in total. The molecule has 0 saturated carbocycles. The molecule has 34 heavy (non-hydrogen) atoms. The van der Waals surface area contributed by atoms with E-state index < -0.39 is 0 Å². The topological polar surface area (TPSA) is 84.8 Å². The van der Waals surface area contributed by atoms with Gasteiger partial charge in [0.1, 0.15) is 17.5 Å². The first kappa shape index (κ1) is 22.3. The summed E-state index contributed by atoms with van der Waals surface area (Å²) in [6, 6.07) is 13.9. The van der Waals surface area contributed by atoms with Crippen LogP contribution in [0.3, 0.4) is 0 Å². The molecule has 0 bridgehead atoms. The van der Waals surface area contributed by atoms with Crippen molar-refractivity contribution in [1.82, 2.24) is 14.9 Å². The molecule has 0 unspecified atom stereocenters. The first-order chi connectivity index (χ1) is 16.6. The fourth-order valence-electron chi connectivity index (χ4n) is 3.99. The van der Waals surface area contributed by atoms with E-state index >= 15 is 0 Å². The van der Waals surface area contributed by atoms with Gasteiger partial charge in [0.05, 0.1) is 18.0 Å². The molecule has 176 valence electrons. The molecule has 2 aromatic heterocycles. The van der Waals surface area contributed by atoms with Gasteiger partial charge in [0.15, 0.2) is 11.3 Å². The van der Waals surface area contributed by atoms with Crippen LogP contribution in [0.1, 0.15) is 28.9 Å². The lowest BCUT2D eigenvalue weighted by atomic mass is 10.2. The van der Waals surface area contributed by atoms with E-state index in [0.29, 0.717) is 42.3 Å². The van der Waals surface area contributed by atoms with Gasteiger partial charge in [-0.25, -0.2) is 9.97 Å². The van der Waals surface area contributed by atoms with Crippen LogP contribution in [0, 0.1) is 6.92 Å². The predicted molar refractivity (Wildman–Crippen MR) is 131 cm³/mol. The van der Waals surface area contributed by atoms with Crippen molar-refractivity contribution in [3.8, 4) is 5.75 Å². The molecule has 4 aromatic rings. The number of hydrogen-bond acceptors (Lipinski definition) is 8. The maximum absolute atomic E-state index is 13.0. The van der Waals surface area contributed by atoms with Crippen LogP contribution >= 0.6 is 11.8 Å². The highest BCUT2D eigenvalue weighted by atomic mass is 32.2. The lowest BCUT2D eigenvalue weighted by molar-refractivity contribution is 0.0740. The summed E-state index contributed by atoms with van der Waals surface area (Å²) in [4.78, 5) is 25.9. The average molecular weight is 479 g/mol. The summed E-state index contributed by atoms with van der Waals surface area (Å²) in [6.45, 7) is 7.30. The second-order valence-corrected chi connectivity index (χ2v) is 8.97. The molecule has 0 radical (unpaired) electrons. The molecule has 1 saturated heterocycles. The van der Waals surface area contributed by atoms with E-state index in [2.05, 4.69) is 20.9 Å². The Bertz CT molecular complexity index is 1290. The van der Waals surface area contributed by atoms with Crippen molar-refractivity contribution < 1.29 is 18.4 Å². The smallest absolute Gasteiger partial charge is 0.275 e. The van der Waals surface area contributed by atoms with Crippen LogP contribution in [0.4, 0.5) is 5.69 Å². The molecule has 5 rings (SSSR count). The fraction of sp³-hybridized carbons (Fsp3) is 0.320. The summed E-state index contributed by atoms with van der Waals surface area (Å²) in [5.41, 5.74) is 4.10. The molecule has 2 aromatic carbocycles. The van der Waals surface area contributed by atoms with Crippen molar-refractivity contribution >= 4 is 34.5 Å². The molecule has 0 spiro atoms. The van der Waals surface area contributed by atoms with Gasteiger partial charge in [-0.2, -0.15) is 0 Å². The zero-order valence-electron chi connectivity index (χ0n) is 19.2. The number of oxazole rings is 2. The van der Waals surface area contributed by atoms with Crippen molar-refractivity contribution in [2.24, 2.45) is 0 Å². The summed E-state index contributed by atoms with van der Waals surface area (Å²) >= 11 is 1.39. The van der Waals surface area contributed by atoms with Crippen molar-refractivity contribution in [2.75, 3.05) is 37.7 Å². The molecule has 9 heteroatoms. The largest absolute Gasteiger partial charge is 0.492 e. The number of para-hydroxylation sites is 2. The van der Waals surface area contributed by atoms with E-state index in [1.165, 1.54) is 18.0 Å². The summed E-state index contributed by atoms with van der Waals surface area (Å²) < 4.78 is 17.1. The number of nitrogens with zero attached hydrogens (tertiary/aromatic N) is 4. The molecule has 8 nitrogen and oxygen atoms in total. The first-order valence-electron chi connectivity index (χ1n) is 11.3. The molecular formula is C25H26N4O4S. The highest BCUT2D eigenvalue weighted by molar-refractivity contribution is 7.98. The second-order valence-electron chi connectivity index (χ2n) is 8.05. The minimum atomic E-state index is -0.116. The van der Waals surface area contributed by atoms with Gasteiger partial charge in [-0.05, 0) is 43.7 Å². The van der Waals surface area contributed by atoms with Gasteiger partial charge in [0.25, 0.3) is 11.1 Å². The summed E-state index contributed by atoms with van der Waals surface area (Å²) in [5.74, 6) is 1.66. The third-order valence-electron chi connectivity index (χ3n) is 5.69. The van der Waals surface area contributed by atoms with Crippen molar-refractivity contribution in [3.63, 3.8) is 0 Å². The van der Waals surface area contributed by atoms with E-state index in [9.17, 15) is 4.79 Å². The lowest BCUT2D eigenvalue weighted by Gasteiger charge is -2.36. The normalized spacial score (nSPS) is 14.1. The van der Waals surface area contributed by atoms with Crippen molar-refractivity contribution in [2.45, 2.75) is 24.8 Å². The van der Waals surface area contributed by atoms with Crippen LogP contribution in [0.25, 0.3) is 11.1 Å². The van der Waals surface area contributed by atoms with Crippen LogP contribution in [0.5, 0.6) is 5.75 Å².